The topological polar surface area (TPSA) is 22.1 Å². The second kappa shape index (κ2) is 4.65. The van der Waals surface area contributed by atoms with Crippen molar-refractivity contribution in [1.29, 1.82) is 0 Å². The van der Waals surface area contributed by atoms with Gasteiger partial charge in [0.05, 0.1) is 21.8 Å². The molecule has 1 aliphatic rings. The van der Waals surface area contributed by atoms with Crippen molar-refractivity contribution >= 4 is 21.6 Å². The van der Waals surface area contributed by atoms with Crippen LogP contribution in [0.1, 0.15) is 30.7 Å². The fourth-order valence-electron chi connectivity index (χ4n) is 2.50. The van der Waals surface area contributed by atoms with E-state index in [0.29, 0.717) is 0 Å². The van der Waals surface area contributed by atoms with Gasteiger partial charge in [0.1, 0.15) is 5.75 Å². The number of benzene rings is 1. The van der Waals surface area contributed by atoms with Crippen molar-refractivity contribution in [3.63, 3.8) is 0 Å². The van der Waals surface area contributed by atoms with Crippen LogP contribution in [0.25, 0.3) is 10.2 Å². The fraction of sp³-hybridized carbons (Fsp3) is 0.500. The van der Waals surface area contributed by atoms with Crippen LogP contribution < -0.4 is 4.74 Å². The molecule has 3 heteroatoms. The summed E-state index contributed by atoms with van der Waals surface area (Å²) in [6.07, 6.45) is 5.42. The van der Waals surface area contributed by atoms with E-state index >= 15 is 0 Å². The van der Waals surface area contributed by atoms with Crippen LogP contribution in [0.5, 0.6) is 5.75 Å². The van der Waals surface area contributed by atoms with E-state index in [0.717, 1.165) is 28.8 Å². The molecule has 0 saturated heterocycles. The van der Waals surface area contributed by atoms with Crippen LogP contribution in [-0.2, 0) is 0 Å². The number of thiazole rings is 1. The Balaban J connectivity index is 1.71. The highest BCUT2D eigenvalue weighted by molar-refractivity contribution is 7.18. The minimum Gasteiger partial charge on any atom is -0.493 e. The van der Waals surface area contributed by atoms with Crippen LogP contribution in [0, 0.1) is 12.8 Å². The lowest BCUT2D eigenvalue weighted by atomic mass is 10.1. The molecule has 17 heavy (non-hydrogen) atoms. The molecule has 0 atom stereocenters. The number of rotatable bonds is 3. The van der Waals surface area contributed by atoms with Crippen LogP contribution in [0.2, 0.25) is 0 Å². The van der Waals surface area contributed by atoms with Gasteiger partial charge in [-0.25, -0.2) is 4.98 Å². The zero-order valence-electron chi connectivity index (χ0n) is 10.1. The number of aryl methyl sites for hydroxylation is 1. The molecule has 0 N–H and O–H groups in total. The van der Waals surface area contributed by atoms with Gasteiger partial charge in [0.2, 0.25) is 0 Å². The molecule has 1 aromatic carbocycles. The maximum absolute atomic E-state index is 5.89. The minimum atomic E-state index is 0.772. The molecule has 1 aromatic heterocycles. The predicted octanol–water partition coefficient (Wildman–Crippen LogP) is 4.17. The Kier molecular flexibility index (Phi) is 3.02. The van der Waals surface area contributed by atoms with Crippen LogP contribution >= 0.6 is 11.3 Å². The van der Waals surface area contributed by atoms with Gasteiger partial charge in [0.15, 0.2) is 0 Å². The molecule has 0 radical (unpaired) electrons. The summed E-state index contributed by atoms with van der Waals surface area (Å²) in [5.41, 5.74) is 1.08. The SMILES string of the molecule is Cc1nc2ccc(OCC3CCCC3)cc2s1. The van der Waals surface area contributed by atoms with E-state index < -0.39 is 0 Å². The van der Waals surface area contributed by atoms with Crippen molar-refractivity contribution in [3.05, 3.63) is 23.2 Å². The summed E-state index contributed by atoms with van der Waals surface area (Å²) in [7, 11) is 0. The van der Waals surface area contributed by atoms with Gasteiger partial charge in [-0.15, -0.1) is 11.3 Å². The molecule has 0 aliphatic heterocycles. The Morgan fingerprint density at radius 1 is 1.35 bits per heavy atom. The van der Waals surface area contributed by atoms with Crippen molar-refractivity contribution in [2.75, 3.05) is 6.61 Å². The molecule has 3 rings (SSSR count). The van der Waals surface area contributed by atoms with E-state index in [2.05, 4.69) is 17.1 Å². The summed E-state index contributed by atoms with van der Waals surface area (Å²) >= 11 is 1.73. The molecule has 1 fully saturated rings. The fourth-order valence-corrected chi connectivity index (χ4v) is 3.36. The van der Waals surface area contributed by atoms with Crippen molar-refractivity contribution in [2.45, 2.75) is 32.6 Å². The van der Waals surface area contributed by atoms with E-state index in [4.69, 9.17) is 4.74 Å². The first kappa shape index (κ1) is 11.0. The monoisotopic (exact) mass is 247 g/mol. The number of nitrogens with zero attached hydrogens (tertiary/aromatic N) is 1. The second-order valence-corrected chi connectivity index (χ2v) is 6.06. The third-order valence-electron chi connectivity index (χ3n) is 3.43. The second-order valence-electron chi connectivity index (χ2n) is 4.82. The number of hydrogen-bond acceptors (Lipinski definition) is 3. The van der Waals surface area contributed by atoms with Gasteiger partial charge in [-0.05, 0) is 43.9 Å². The van der Waals surface area contributed by atoms with Crippen molar-refractivity contribution < 1.29 is 4.74 Å². The first-order valence-corrected chi connectivity index (χ1v) is 7.13. The number of fused-ring (bicyclic) bond motifs is 1. The number of ether oxygens (including phenoxy) is 1. The van der Waals surface area contributed by atoms with Gasteiger partial charge in [-0.3, -0.25) is 0 Å². The summed E-state index contributed by atoms with van der Waals surface area (Å²) < 4.78 is 7.11. The Labute approximate surface area is 106 Å². The van der Waals surface area contributed by atoms with Gasteiger partial charge in [0.25, 0.3) is 0 Å². The molecule has 1 heterocycles. The van der Waals surface area contributed by atoms with Gasteiger partial charge in [-0.2, -0.15) is 0 Å². The highest BCUT2D eigenvalue weighted by Crippen LogP contribution is 2.28. The molecule has 0 unspecified atom stereocenters. The van der Waals surface area contributed by atoms with Gasteiger partial charge in [-0.1, -0.05) is 12.8 Å². The third-order valence-corrected chi connectivity index (χ3v) is 4.36. The van der Waals surface area contributed by atoms with E-state index in [1.807, 2.05) is 13.0 Å². The lowest BCUT2D eigenvalue weighted by Gasteiger charge is -2.10. The molecule has 90 valence electrons. The Morgan fingerprint density at radius 2 is 2.18 bits per heavy atom. The van der Waals surface area contributed by atoms with Gasteiger partial charge < -0.3 is 4.74 Å². The first-order valence-electron chi connectivity index (χ1n) is 6.31. The van der Waals surface area contributed by atoms with Crippen molar-refractivity contribution in [1.82, 2.24) is 4.98 Å². The predicted molar refractivity (Wildman–Crippen MR) is 71.8 cm³/mol. The van der Waals surface area contributed by atoms with Crippen molar-refractivity contribution in [2.24, 2.45) is 5.92 Å². The normalized spacial score (nSPS) is 16.8. The molecule has 1 aliphatic carbocycles. The summed E-state index contributed by atoms with van der Waals surface area (Å²) in [5, 5.41) is 1.12. The van der Waals surface area contributed by atoms with Crippen molar-refractivity contribution in [3.8, 4) is 5.75 Å². The zero-order valence-corrected chi connectivity index (χ0v) is 10.9. The summed E-state index contributed by atoms with van der Waals surface area (Å²) in [5.74, 6) is 1.77. The molecule has 0 amide bonds. The van der Waals surface area contributed by atoms with E-state index in [1.165, 1.54) is 30.4 Å². The number of aromatic nitrogens is 1. The maximum atomic E-state index is 5.89. The van der Waals surface area contributed by atoms with Crippen LogP contribution in [-0.4, -0.2) is 11.6 Å². The number of hydrogen-bond donors (Lipinski definition) is 0. The Bertz CT molecular complexity index is 514. The first-order chi connectivity index (χ1) is 8.31. The molecular formula is C14H17NOS. The average molecular weight is 247 g/mol. The zero-order chi connectivity index (χ0) is 11.7. The lowest BCUT2D eigenvalue weighted by molar-refractivity contribution is 0.252. The molecule has 2 nitrogen and oxygen atoms in total. The standard InChI is InChI=1S/C14H17NOS/c1-10-15-13-7-6-12(8-14(13)17-10)16-9-11-4-2-3-5-11/h6-8,11H,2-5,9H2,1H3. The largest absolute Gasteiger partial charge is 0.493 e. The third kappa shape index (κ3) is 2.44. The maximum Gasteiger partial charge on any atom is 0.120 e. The quantitative estimate of drug-likeness (QED) is 0.812. The highest BCUT2D eigenvalue weighted by atomic mass is 32.1. The average Bonchev–Trinajstić information content (AvgIpc) is 2.92. The summed E-state index contributed by atoms with van der Waals surface area (Å²) in [6.45, 7) is 2.92. The molecular weight excluding hydrogens is 230 g/mol. The minimum absolute atomic E-state index is 0.772. The highest BCUT2D eigenvalue weighted by Gasteiger charge is 2.15. The summed E-state index contributed by atoms with van der Waals surface area (Å²) in [6, 6.07) is 6.22. The molecule has 1 saturated carbocycles. The lowest BCUT2D eigenvalue weighted by Crippen LogP contribution is -2.07. The van der Waals surface area contributed by atoms with E-state index in [-0.39, 0.29) is 0 Å². The van der Waals surface area contributed by atoms with Crippen LogP contribution in [0.3, 0.4) is 0 Å². The van der Waals surface area contributed by atoms with Gasteiger partial charge >= 0.3 is 0 Å². The van der Waals surface area contributed by atoms with Crippen LogP contribution in [0.15, 0.2) is 18.2 Å². The molecule has 2 aromatic rings. The van der Waals surface area contributed by atoms with Crippen LogP contribution in [0.4, 0.5) is 0 Å². The summed E-state index contributed by atoms with van der Waals surface area (Å²) in [4.78, 5) is 4.45. The smallest absolute Gasteiger partial charge is 0.120 e. The molecule has 0 spiro atoms. The van der Waals surface area contributed by atoms with E-state index in [9.17, 15) is 0 Å². The molecule has 0 bridgehead atoms. The Hall–Kier alpha value is -1.09. The van der Waals surface area contributed by atoms with E-state index in [1.54, 1.807) is 11.3 Å². The van der Waals surface area contributed by atoms with Gasteiger partial charge in [0, 0.05) is 0 Å². The Morgan fingerprint density at radius 3 is 3.00 bits per heavy atom.